The summed E-state index contributed by atoms with van der Waals surface area (Å²) in [6, 6.07) is 11.5. The van der Waals surface area contributed by atoms with Gasteiger partial charge in [0.25, 0.3) is 11.7 Å². The summed E-state index contributed by atoms with van der Waals surface area (Å²) in [5.74, 6) is -0.00521. The topological polar surface area (TPSA) is 88.5 Å². The van der Waals surface area contributed by atoms with E-state index in [2.05, 4.69) is 0 Å². The number of benzene rings is 2. The Morgan fingerprint density at radius 2 is 1.85 bits per heavy atom. The Balaban J connectivity index is 1.85. The molecule has 2 heterocycles. The molecule has 8 nitrogen and oxygen atoms in total. The van der Waals surface area contributed by atoms with E-state index in [-0.39, 0.29) is 11.3 Å². The zero-order valence-electron chi connectivity index (χ0n) is 19.0. The van der Waals surface area contributed by atoms with Gasteiger partial charge in [0.2, 0.25) is 0 Å². The summed E-state index contributed by atoms with van der Waals surface area (Å²) in [7, 11) is 3.80. The van der Waals surface area contributed by atoms with Crippen molar-refractivity contribution >= 4 is 17.4 Å². The fourth-order valence-electron chi connectivity index (χ4n) is 4.08. The van der Waals surface area contributed by atoms with E-state index in [4.69, 9.17) is 14.2 Å². The number of hydrogen-bond donors (Lipinski definition) is 1. The van der Waals surface area contributed by atoms with Crippen molar-refractivity contribution in [2.24, 2.45) is 0 Å². The third kappa shape index (κ3) is 4.39. The number of rotatable bonds is 7. The molecule has 1 saturated heterocycles. The number of aliphatic hydroxyl groups excluding tert-OH is 1. The van der Waals surface area contributed by atoms with E-state index in [0.717, 1.165) is 0 Å². The quantitative estimate of drug-likeness (QED) is 0.393. The third-order valence-corrected chi connectivity index (χ3v) is 5.66. The molecule has 1 amide bonds. The van der Waals surface area contributed by atoms with Crippen LogP contribution >= 0.6 is 0 Å². The second-order valence-corrected chi connectivity index (χ2v) is 8.13. The molecule has 0 saturated carbocycles. The highest BCUT2D eigenvalue weighted by Gasteiger charge is 2.47. The van der Waals surface area contributed by atoms with Gasteiger partial charge in [-0.3, -0.25) is 9.59 Å². The summed E-state index contributed by atoms with van der Waals surface area (Å²) in [4.78, 5) is 29.7. The lowest BCUT2D eigenvalue weighted by atomic mass is 9.94. The van der Waals surface area contributed by atoms with E-state index in [1.165, 1.54) is 4.90 Å². The van der Waals surface area contributed by atoms with Crippen molar-refractivity contribution in [1.82, 2.24) is 9.80 Å². The van der Waals surface area contributed by atoms with Crippen LogP contribution in [0.4, 0.5) is 0 Å². The molecule has 0 radical (unpaired) electrons. The smallest absolute Gasteiger partial charge is 0.295 e. The molecule has 2 aromatic carbocycles. The molecule has 2 aromatic rings. The van der Waals surface area contributed by atoms with E-state index in [1.807, 2.05) is 44.1 Å². The van der Waals surface area contributed by atoms with Gasteiger partial charge in [0.15, 0.2) is 11.5 Å². The molecule has 2 aliphatic rings. The van der Waals surface area contributed by atoms with Crippen molar-refractivity contribution in [3.8, 4) is 17.2 Å². The van der Waals surface area contributed by atoms with Crippen molar-refractivity contribution < 1.29 is 28.9 Å². The molecule has 1 N–H and O–H groups in total. The van der Waals surface area contributed by atoms with Gasteiger partial charge in [0.1, 0.15) is 24.7 Å². The summed E-state index contributed by atoms with van der Waals surface area (Å²) >= 11 is 0. The fraction of sp³-hybridized carbons (Fsp3) is 0.360. The summed E-state index contributed by atoms with van der Waals surface area (Å²) < 4.78 is 17.0. The zero-order valence-corrected chi connectivity index (χ0v) is 19.0. The van der Waals surface area contributed by atoms with Gasteiger partial charge in [0, 0.05) is 24.2 Å². The number of para-hydroxylation sites is 1. The van der Waals surface area contributed by atoms with Crippen molar-refractivity contribution in [3.63, 3.8) is 0 Å². The highest BCUT2D eigenvalue weighted by molar-refractivity contribution is 6.46. The lowest BCUT2D eigenvalue weighted by molar-refractivity contribution is -0.140. The molecular weight excluding hydrogens is 424 g/mol. The Labute approximate surface area is 193 Å². The monoisotopic (exact) mass is 452 g/mol. The highest BCUT2D eigenvalue weighted by atomic mass is 16.6. The first-order valence-electron chi connectivity index (χ1n) is 11.0. The van der Waals surface area contributed by atoms with E-state index >= 15 is 0 Å². The number of likely N-dealkylation sites (N-methyl/N-ethyl adjacent to an activating group) is 1. The number of ether oxygens (including phenoxy) is 3. The first kappa shape index (κ1) is 22.7. The predicted octanol–water partition coefficient (Wildman–Crippen LogP) is 2.84. The predicted molar refractivity (Wildman–Crippen MR) is 123 cm³/mol. The molecule has 1 fully saturated rings. The average molecular weight is 453 g/mol. The first-order chi connectivity index (χ1) is 15.9. The van der Waals surface area contributed by atoms with Crippen LogP contribution in [-0.2, 0) is 9.59 Å². The van der Waals surface area contributed by atoms with Crippen molar-refractivity contribution in [2.45, 2.75) is 13.0 Å². The molecule has 4 rings (SSSR count). The van der Waals surface area contributed by atoms with E-state index in [9.17, 15) is 14.7 Å². The highest BCUT2D eigenvalue weighted by Crippen LogP contribution is 2.43. The first-order valence-corrected chi connectivity index (χ1v) is 11.0. The van der Waals surface area contributed by atoms with Gasteiger partial charge in [-0.15, -0.1) is 0 Å². The fourth-order valence-corrected chi connectivity index (χ4v) is 4.08. The normalized spacial score (nSPS) is 19.3. The van der Waals surface area contributed by atoms with Crippen LogP contribution in [0, 0.1) is 0 Å². The van der Waals surface area contributed by atoms with E-state index in [1.54, 1.807) is 24.3 Å². The zero-order chi connectivity index (χ0) is 23.5. The Morgan fingerprint density at radius 1 is 1.12 bits per heavy atom. The lowest BCUT2D eigenvalue weighted by Gasteiger charge is -2.28. The maximum Gasteiger partial charge on any atom is 0.295 e. The van der Waals surface area contributed by atoms with Crippen LogP contribution in [0.15, 0.2) is 48.0 Å². The van der Waals surface area contributed by atoms with E-state index in [0.29, 0.717) is 61.3 Å². The number of Topliss-reactive ketones (excluding diaryl/α,β-unsaturated/α-hetero) is 1. The number of amides is 1. The van der Waals surface area contributed by atoms with Crippen LogP contribution < -0.4 is 14.2 Å². The molecule has 1 atom stereocenters. The number of nitrogens with zero attached hydrogens (tertiary/aromatic N) is 2. The molecule has 0 aliphatic carbocycles. The Bertz CT molecular complexity index is 1090. The number of carbonyl (C=O) groups is 2. The molecule has 0 spiro atoms. The van der Waals surface area contributed by atoms with Gasteiger partial charge < -0.3 is 29.1 Å². The Morgan fingerprint density at radius 3 is 2.58 bits per heavy atom. The van der Waals surface area contributed by atoms with Gasteiger partial charge >= 0.3 is 0 Å². The number of carbonyl (C=O) groups excluding carboxylic acids is 2. The van der Waals surface area contributed by atoms with Crippen LogP contribution in [0.2, 0.25) is 0 Å². The minimum Gasteiger partial charge on any atom is -0.507 e. The van der Waals surface area contributed by atoms with E-state index < -0.39 is 17.7 Å². The second kappa shape index (κ2) is 9.54. The van der Waals surface area contributed by atoms with Gasteiger partial charge in [-0.05, 0) is 45.3 Å². The summed E-state index contributed by atoms with van der Waals surface area (Å²) in [5.41, 5.74) is 1.06. The van der Waals surface area contributed by atoms with Gasteiger partial charge in [-0.2, -0.15) is 0 Å². The molecule has 0 bridgehead atoms. The lowest BCUT2D eigenvalue weighted by Crippen LogP contribution is -2.35. The maximum absolute atomic E-state index is 13.2. The van der Waals surface area contributed by atoms with Gasteiger partial charge in [-0.1, -0.05) is 18.2 Å². The van der Waals surface area contributed by atoms with Crippen molar-refractivity contribution in [2.75, 3.05) is 47.0 Å². The Hall–Kier alpha value is -3.52. The number of likely N-dealkylation sites (tertiary alicyclic amines) is 1. The molecule has 174 valence electrons. The maximum atomic E-state index is 13.2. The summed E-state index contributed by atoms with van der Waals surface area (Å²) in [6.45, 7) is 4.02. The minimum absolute atomic E-state index is 0.0302. The summed E-state index contributed by atoms with van der Waals surface area (Å²) in [5, 5.41) is 11.3. The molecule has 0 aromatic heterocycles. The van der Waals surface area contributed by atoms with Crippen molar-refractivity contribution in [3.05, 3.63) is 59.2 Å². The molecule has 33 heavy (non-hydrogen) atoms. The molecule has 8 heteroatoms. The van der Waals surface area contributed by atoms with Crippen LogP contribution in [0.3, 0.4) is 0 Å². The minimum atomic E-state index is -0.777. The summed E-state index contributed by atoms with van der Waals surface area (Å²) in [6.07, 6.45) is 0. The van der Waals surface area contributed by atoms with Crippen LogP contribution in [-0.4, -0.2) is 73.6 Å². The van der Waals surface area contributed by atoms with Gasteiger partial charge in [-0.25, -0.2) is 0 Å². The molecule has 1 unspecified atom stereocenters. The number of fused-ring (bicyclic) bond motifs is 1. The Kier molecular flexibility index (Phi) is 6.55. The van der Waals surface area contributed by atoms with Crippen molar-refractivity contribution in [1.29, 1.82) is 0 Å². The third-order valence-electron chi connectivity index (χ3n) is 5.66. The largest absolute Gasteiger partial charge is 0.507 e. The van der Waals surface area contributed by atoms with Crippen LogP contribution in [0.5, 0.6) is 17.2 Å². The molecule has 2 aliphatic heterocycles. The number of ketones is 1. The van der Waals surface area contributed by atoms with Crippen LogP contribution in [0.25, 0.3) is 5.76 Å². The molecular formula is C25H28N2O6. The standard InChI is InChI=1S/C25H28N2O6/c1-4-31-18-8-6-5-7-17(18)22-21(24(29)25(30)27(22)12-11-26(2)3)23(28)16-9-10-19-20(15-16)33-14-13-32-19/h5-10,15,22,28H,4,11-14H2,1-3H3. The second-order valence-electron chi connectivity index (χ2n) is 8.13. The van der Waals surface area contributed by atoms with Gasteiger partial charge in [0.05, 0.1) is 18.2 Å². The van der Waals surface area contributed by atoms with Crippen LogP contribution in [0.1, 0.15) is 24.1 Å². The average Bonchev–Trinajstić information content (AvgIpc) is 3.07. The number of aliphatic hydroxyl groups is 1. The SMILES string of the molecule is CCOc1ccccc1C1C(=C(O)c2ccc3c(c2)OCCO3)C(=O)C(=O)N1CCN(C)C. The number of hydrogen-bond acceptors (Lipinski definition) is 7.